The van der Waals surface area contributed by atoms with Crippen molar-refractivity contribution in [3.05, 3.63) is 58.1 Å². The second-order valence-electron chi connectivity index (χ2n) is 5.43. The second kappa shape index (κ2) is 7.86. The third-order valence-electron chi connectivity index (χ3n) is 3.30. The van der Waals surface area contributed by atoms with Gasteiger partial charge in [0.1, 0.15) is 5.75 Å². The highest BCUT2D eigenvalue weighted by atomic mass is 35.5. The lowest BCUT2D eigenvalue weighted by molar-refractivity contribution is -0.140. The summed E-state index contributed by atoms with van der Waals surface area (Å²) in [5.41, 5.74) is -4.97. The van der Waals surface area contributed by atoms with Crippen molar-refractivity contribution in [1.29, 1.82) is 0 Å². The molecule has 2 aromatic rings. The Morgan fingerprint density at radius 2 is 1.62 bits per heavy atom. The van der Waals surface area contributed by atoms with Crippen LogP contribution in [0.3, 0.4) is 0 Å². The zero-order chi connectivity index (χ0) is 22.2. The number of nitrogens with one attached hydrogen (secondary N) is 1. The van der Waals surface area contributed by atoms with Gasteiger partial charge in [0.2, 0.25) is 0 Å². The Bertz CT molecular complexity index is 988. The van der Waals surface area contributed by atoms with Crippen LogP contribution in [0, 0.1) is 0 Å². The van der Waals surface area contributed by atoms with Crippen LogP contribution in [0.2, 0.25) is 5.02 Å². The van der Waals surface area contributed by atoms with Crippen LogP contribution in [0.25, 0.3) is 0 Å². The number of amides is 1. The van der Waals surface area contributed by atoms with Crippen LogP contribution >= 0.6 is 19.4 Å². The number of phosphoric ester groups is 1. The van der Waals surface area contributed by atoms with E-state index in [0.717, 1.165) is 18.2 Å². The first-order chi connectivity index (χ1) is 13.1. The lowest BCUT2D eigenvalue weighted by Gasteiger charge is -2.17. The molecular formula is C15H9ClF6NO5P. The molecule has 0 bridgehead atoms. The van der Waals surface area contributed by atoms with Crippen molar-refractivity contribution in [1.82, 2.24) is 0 Å². The van der Waals surface area contributed by atoms with Crippen molar-refractivity contribution >= 4 is 31.0 Å². The van der Waals surface area contributed by atoms with Gasteiger partial charge in [-0.05, 0) is 36.4 Å². The molecule has 1 amide bonds. The Hall–Kier alpha value is -2.27. The maximum absolute atomic E-state index is 13.1. The summed E-state index contributed by atoms with van der Waals surface area (Å²) in [6.45, 7) is 0. The smallest absolute Gasteiger partial charge is 0.403 e. The fraction of sp³-hybridized carbons (Fsp3) is 0.133. The van der Waals surface area contributed by atoms with E-state index in [1.807, 2.05) is 0 Å². The quantitative estimate of drug-likeness (QED) is 0.433. The summed E-state index contributed by atoms with van der Waals surface area (Å²) in [6, 6.07) is 3.14. The minimum absolute atomic E-state index is 0.0782. The topological polar surface area (TPSA) is 95.9 Å². The number of phosphoric acid groups is 1. The van der Waals surface area contributed by atoms with Gasteiger partial charge in [0.15, 0.2) is 0 Å². The molecule has 14 heteroatoms. The van der Waals surface area contributed by atoms with Crippen LogP contribution < -0.4 is 9.84 Å². The van der Waals surface area contributed by atoms with Gasteiger partial charge in [0.05, 0.1) is 22.4 Å². The van der Waals surface area contributed by atoms with Gasteiger partial charge in [0, 0.05) is 5.02 Å². The molecule has 0 aliphatic heterocycles. The summed E-state index contributed by atoms with van der Waals surface area (Å²) < 4.78 is 93.1. The number of hydrogen-bond acceptors (Lipinski definition) is 3. The van der Waals surface area contributed by atoms with Crippen LogP contribution in [-0.4, -0.2) is 15.7 Å². The first-order valence-corrected chi connectivity index (χ1v) is 9.13. The molecule has 29 heavy (non-hydrogen) atoms. The van der Waals surface area contributed by atoms with Gasteiger partial charge in [-0.25, -0.2) is 4.57 Å². The first kappa shape index (κ1) is 23.0. The summed E-state index contributed by atoms with van der Waals surface area (Å²) in [4.78, 5) is 30.1. The predicted molar refractivity (Wildman–Crippen MR) is 88.5 cm³/mol. The van der Waals surface area contributed by atoms with Gasteiger partial charge in [-0.15, -0.1) is 0 Å². The monoisotopic (exact) mass is 463 g/mol. The maximum atomic E-state index is 13.1. The number of carbonyl (C=O) groups is 1. The molecule has 6 nitrogen and oxygen atoms in total. The molecular weight excluding hydrogens is 455 g/mol. The van der Waals surface area contributed by atoms with Crippen molar-refractivity contribution in [2.75, 3.05) is 5.32 Å². The van der Waals surface area contributed by atoms with Crippen molar-refractivity contribution in [2.45, 2.75) is 12.4 Å². The molecule has 0 aliphatic carbocycles. The molecule has 158 valence electrons. The molecule has 0 spiro atoms. The van der Waals surface area contributed by atoms with Crippen LogP contribution in [0.4, 0.5) is 32.0 Å². The molecule has 0 aromatic heterocycles. The van der Waals surface area contributed by atoms with E-state index in [-0.39, 0.29) is 23.2 Å². The number of carbonyl (C=O) groups excluding carboxylic acids is 1. The molecule has 0 radical (unpaired) electrons. The number of rotatable bonds is 4. The van der Waals surface area contributed by atoms with E-state index < -0.39 is 54.2 Å². The molecule has 0 fully saturated rings. The van der Waals surface area contributed by atoms with Crippen molar-refractivity contribution in [3.8, 4) is 5.75 Å². The van der Waals surface area contributed by atoms with E-state index in [2.05, 4.69) is 4.52 Å². The average Bonchev–Trinajstić information content (AvgIpc) is 2.53. The Balaban J connectivity index is 2.52. The van der Waals surface area contributed by atoms with Gasteiger partial charge in [-0.2, -0.15) is 26.3 Å². The molecule has 2 rings (SSSR count). The lowest BCUT2D eigenvalue weighted by atomic mass is 10.1. The van der Waals surface area contributed by atoms with Crippen molar-refractivity contribution in [3.63, 3.8) is 0 Å². The van der Waals surface area contributed by atoms with E-state index >= 15 is 0 Å². The fourth-order valence-electron chi connectivity index (χ4n) is 2.15. The van der Waals surface area contributed by atoms with Crippen LogP contribution in [-0.2, 0) is 16.9 Å². The van der Waals surface area contributed by atoms with E-state index in [9.17, 15) is 35.7 Å². The largest absolute Gasteiger partial charge is 0.524 e. The molecule has 0 heterocycles. The van der Waals surface area contributed by atoms with Crippen molar-refractivity contribution in [2.24, 2.45) is 0 Å². The first-order valence-electron chi connectivity index (χ1n) is 7.22. The molecule has 2 aromatic carbocycles. The van der Waals surface area contributed by atoms with Gasteiger partial charge >= 0.3 is 20.2 Å². The van der Waals surface area contributed by atoms with Crippen LogP contribution in [0.5, 0.6) is 5.75 Å². The number of hydrogen-bond donors (Lipinski definition) is 3. The maximum Gasteiger partial charge on any atom is 0.524 e. The summed E-state index contributed by atoms with van der Waals surface area (Å²) in [5.74, 6) is -2.19. The number of halogens is 7. The molecule has 0 atom stereocenters. The Morgan fingerprint density at radius 1 is 1.00 bits per heavy atom. The van der Waals surface area contributed by atoms with Gasteiger partial charge in [-0.1, -0.05) is 11.6 Å². The van der Waals surface area contributed by atoms with Crippen LogP contribution in [0.1, 0.15) is 21.5 Å². The lowest BCUT2D eigenvalue weighted by Crippen LogP contribution is -2.18. The number of benzene rings is 2. The van der Waals surface area contributed by atoms with Gasteiger partial charge in [0.25, 0.3) is 5.91 Å². The van der Waals surface area contributed by atoms with Crippen LogP contribution in [0.15, 0.2) is 36.4 Å². The van der Waals surface area contributed by atoms with E-state index in [1.54, 1.807) is 5.32 Å². The average molecular weight is 464 g/mol. The number of alkyl halides is 6. The fourth-order valence-corrected chi connectivity index (χ4v) is 2.74. The minimum Gasteiger partial charge on any atom is -0.403 e. The molecule has 0 aliphatic rings. The summed E-state index contributed by atoms with van der Waals surface area (Å²) >= 11 is 5.67. The molecule has 0 unspecified atom stereocenters. The Kier molecular flexibility index (Phi) is 6.24. The van der Waals surface area contributed by atoms with Crippen molar-refractivity contribution < 1.29 is 50.0 Å². The number of anilines is 1. The SMILES string of the molecule is O=C(Nc1cc(C(F)(F)F)ccc1C(F)(F)F)c1cc(Cl)ccc1OP(=O)(O)O. The highest BCUT2D eigenvalue weighted by Crippen LogP contribution is 2.41. The Morgan fingerprint density at radius 3 is 2.14 bits per heavy atom. The third-order valence-corrected chi connectivity index (χ3v) is 3.97. The Labute approximate surface area is 163 Å². The minimum atomic E-state index is -5.17. The zero-order valence-corrected chi connectivity index (χ0v) is 15.3. The zero-order valence-electron chi connectivity index (χ0n) is 13.7. The second-order valence-corrected chi connectivity index (χ2v) is 7.03. The van der Waals surface area contributed by atoms with E-state index in [4.69, 9.17) is 21.4 Å². The summed E-state index contributed by atoms with van der Waals surface area (Å²) in [6.07, 6.45) is -10.1. The van der Waals surface area contributed by atoms with E-state index in [1.165, 1.54) is 0 Å². The van der Waals surface area contributed by atoms with E-state index in [0.29, 0.717) is 0 Å². The molecule has 0 saturated heterocycles. The predicted octanol–water partition coefficient (Wildman–Crippen LogP) is 5.10. The third kappa shape index (κ3) is 6.10. The van der Waals surface area contributed by atoms with Gasteiger partial charge < -0.3 is 9.84 Å². The summed E-state index contributed by atoms with van der Waals surface area (Å²) in [5, 5.41) is 1.49. The molecule has 3 N–H and O–H groups in total. The standard InChI is InChI=1S/C15H9ClF6NO5P/c16-8-2-4-12(28-29(25,26)27)9(6-8)13(24)23-11-5-7(14(17,18)19)1-3-10(11)15(20,21)22/h1-6H,(H,23,24)(H2,25,26,27). The highest BCUT2D eigenvalue weighted by Gasteiger charge is 2.37. The molecule has 0 saturated carbocycles. The normalized spacial score (nSPS) is 12.6. The van der Waals surface area contributed by atoms with Gasteiger partial charge in [-0.3, -0.25) is 14.6 Å². The highest BCUT2D eigenvalue weighted by molar-refractivity contribution is 7.46. The summed E-state index contributed by atoms with van der Waals surface area (Å²) in [7, 11) is -5.17.